The van der Waals surface area contributed by atoms with Crippen molar-refractivity contribution in [2.75, 3.05) is 0 Å². The van der Waals surface area contributed by atoms with Crippen molar-refractivity contribution in [3.63, 3.8) is 0 Å². The van der Waals surface area contributed by atoms with Gasteiger partial charge in [0.1, 0.15) is 0 Å². The van der Waals surface area contributed by atoms with Gasteiger partial charge in [-0.05, 0) is 30.3 Å². The van der Waals surface area contributed by atoms with Gasteiger partial charge in [0.2, 0.25) is 0 Å². The van der Waals surface area contributed by atoms with Crippen LogP contribution in [0.25, 0.3) is 11.0 Å². The first kappa shape index (κ1) is 11.9. The maximum atomic E-state index is 5.98. The van der Waals surface area contributed by atoms with Crippen LogP contribution in [-0.4, -0.2) is 9.97 Å². The molecule has 0 fully saturated rings. The number of aromatic amines is 1. The number of rotatable bonds is 2. The molecule has 90 valence electrons. The van der Waals surface area contributed by atoms with Gasteiger partial charge in [-0.1, -0.05) is 47.1 Å². The molecule has 0 aliphatic rings. The molecule has 0 amide bonds. The second-order valence-electron chi connectivity index (χ2n) is 3.74. The molecule has 0 spiro atoms. The van der Waals surface area contributed by atoms with Crippen LogP contribution in [0.2, 0.25) is 10.0 Å². The van der Waals surface area contributed by atoms with Crippen molar-refractivity contribution in [2.45, 2.75) is 10.1 Å². The van der Waals surface area contributed by atoms with E-state index < -0.39 is 0 Å². The van der Waals surface area contributed by atoms with Crippen LogP contribution < -0.4 is 0 Å². The number of nitrogens with one attached hydrogen (secondary N) is 1. The first-order chi connectivity index (χ1) is 8.72. The smallest absolute Gasteiger partial charge is 0.171 e. The number of para-hydroxylation sites is 2. The molecule has 18 heavy (non-hydrogen) atoms. The molecule has 0 radical (unpaired) electrons. The van der Waals surface area contributed by atoms with Crippen LogP contribution in [0.1, 0.15) is 0 Å². The number of H-pyrrole nitrogens is 1. The summed E-state index contributed by atoms with van der Waals surface area (Å²) in [4.78, 5) is 8.75. The van der Waals surface area contributed by atoms with E-state index in [1.807, 2.05) is 36.4 Å². The molecule has 3 aromatic rings. The fourth-order valence-electron chi connectivity index (χ4n) is 1.63. The molecule has 5 heteroatoms. The van der Waals surface area contributed by atoms with Gasteiger partial charge in [-0.15, -0.1) is 0 Å². The maximum Gasteiger partial charge on any atom is 0.171 e. The Labute approximate surface area is 118 Å². The van der Waals surface area contributed by atoms with Crippen molar-refractivity contribution < 1.29 is 0 Å². The highest BCUT2D eigenvalue weighted by Crippen LogP contribution is 2.31. The van der Waals surface area contributed by atoms with Crippen molar-refractivity contribution in [1.82, 2.24) is 9.97 Å². The van der Waals surface area contributed by atoms with Crippen molar-refractivity contribution in [1.29, 1.82) is 0 Å². The summed E-state index contributed by atoms with van der Waals surface area (Å²) >= 11 is 13.4. The maximum absolute atomic E-state index is 5.98. The number of imidazole rings is 1. The van der Waals surface area contributed by atoms with E-state index in [0.29, 0.717) is 10.0 Å². The zero-order valence-corrected chi connectivity index (χ0v) is 11.5. The summed E-state index contributed by atoms with van der Waals surface area (Å²) in [6.45, 7) is 0. The molecule has 0 saturated carbocycles. The summed E-state index contributed by atoms with van der Waals surface area (Å²) in [6.07, 6.45) is 0. The Morgan fingerprint density at radius 2 is 1.83 bits per heavy atom. The van der Waals surface area contributed by atoms with Gasteiger partial charge in [0, 0.05) is 4.90 Å². The number of nitrogens with zero attached hydrogens (tertiary/aromatic N) is 1. The van der Waals surface area contributed by atoms with E-state index in [0.717, 1.165) is 21.1 Å². The van der Waals surface area contributed by atoms with Crippen LogP contribution in [-0.2, 0) is 0 Å². The second kappa shape index (κ2) is 4.84. The third-order valence-corrected chi connectivity index (χ3v) is 4.09. The quantitative estimate of drug-likeness (QED) is 0.719. The van der Waals surface area contributed by atoms with E-state index in [1.54, 1.807) is 6.07 Å². The predicted octanol–water partition coefficient (Wildman–Crippen LogP) is 5.02. The lowest BCUT2D eigenvalue weighted by atomic mass is 10.3. The van der Waals surface area contributed by atoms with Crippen LogP contribution in [0.15, 0.2) is 52.5 Å². The van der Waals surface area contributed by atoms with E-state index in [2.05, 4.69) is 9.97 Å². The summed E-state index contributed by atoms with van der Waals surface area (Å²) < 4.78 is 0. The standard InChI is InChI=1S/C13H8Cl2N2S/c14-9-6-5-8(7-10(9)15)18-13-16-11-3-1-2-4-12(11)17-13/h1-7H,(H,16,17). The molecule has 0 unspecified atom stereocenters. The van der Waals surface area contributed by atoms with Gasteiger partial charge in [-0.25, -0.2) is 4.98 Å². The van der Waals surface area contributed by atoms with Crippen LogP contribution >= 0.6 is 35.0 Å². The molecule has 2 nitrogen and oxygen atoms in total. The summed E-state index contributed by atoms with van der Waals surface area (Å²) in [6, 6.07) is 13.5. The number of hydrogen-bond donors (Lipinski definition) is 1. The number of halogens is 2. The highest BCUT2D eigenvalue weighted by atomic mass is 35.5. The monoisotopic (exact) mass is 294 g/mol. The van der Waals surface area contributed by atoms with Crippen molar-refractivity contribution in [3.8, 4) is 0 Å². The Morgan fingerprint density at radius 3 is 2.61 bits per heavy atom. The average Bonchev–Trinajstić information content (AvgIpc) is 2.76. The minimum Gasteiger partial charge on any atom is -0.333 e. The van der Waals surface area contributed by atoms with E-state index in [-0.39, 0.29) is 0 Å². The molecule has 0 atom stereocenters. The molecule has 2 aromatic carbocycles. The predicted molar refractivity (Wildman–Crippen MR) is 76.7 cm³/mol. The molecule has 1 N–H and O–H groups in total. The SMILES string of the molecule is Clc1ccc(Sc2nc3ccccc3[nH]2)cc1Cl. The lowest BCUT2D eigenvalue weighted by Gasteiger charge is -2.00. The Bertz CT molecular complexity index is 676. The van der Waals surface area contributed by atoms with Gasteiger partial charge in [0.05, 0.1) is 21.1 Å². The van der Waals surface area contributed by atoms with Crippen LogP contribution in [0.3, 0.4) is 0 Å². The third-order valence-electron chi connectivity index (χ3n) is 2.47. The van der Waals surface area contributed by atoms with Gasteiger partial charge in [-0.3, -0.25) is 0 Å². The molecule has 0 aliphatic heterocycles. The minimum absolute atomic E-state index is 0.553. The van der Waals surface area contributed by atoms with Crippen molar-refractivity contribution in [2.24, 2.45) is 0 Å². The molecular formula is C13H8Cl2N2S. The summed E-state index contributed by atoms with van der Waals surface area (Å²) in [5.74, 6) is 0. The van der Waals surface area contributed by atoms with Crippen molar-refractivity contribution >= 4 is 46.0 Å². The van der Waals surface area contributed by atoms with Gasteiger partial charge in [0.15, 0.2) is 5.16 Å². The largest absolute Gasteiger partial charge is 0.333 e. The number of aromatic nitrogens is 2. The molecule has 1 heterocycles. The molecule has 0 saturated heterocycles. The lowest BCUT2D eigenvalue weighted by molar-refractivity contribution is 1.08. The lowest BCUT2D eigenvalue weighted by Crippen LogP contribution is -1.76. The normalized spacial score (nSPS) is 11.0. The molecule has 3 rings (SSSR count). The molecular weight excluding hydrogens is 287 g/mol. The van der Waals surface area contributed by atoms with E-state index in [1.165, 1.54) is 11.8 Å². The fourth-order valence-corrected chi connectivity index (χ4v) is 2.83. The molecule has 0 bridgehead atoms. The molecule has 0 aliphatic carbocycles. The van der Waals surface area contributed by atoms with Gasteiger partial charge in [0.25, 0.3) is 0 Å². The Kier molecular flexibility index (Phi) is 3.20. The Morgan fingerprint density at radius 1 is 1.00 bits per heavy atom. The topological polar surface area (TPSA) is 28.7 Å². The van der Waals surface area contributed by atoms with Gasteiger partial charge < -0.3 is 4.98 Å². The summed E-state index contributed by atoms with van der Waals surface area (Å²) in [7, 11) is 0. The summed E-state index contributed by atoms with van der Waals surface area (Å²) in [5.41, 5.74) is 1.99. The highest BCUT2D eigenvalue weighted by Gasteiger charge is 2.05. The Balaban J connectivity index is 1.93. The van der Waals surface area contributed by atoms with Gasteiger partial charge >= 0.3 is 0 Å². The zero-order chi connectivity index (χ0) is 12.5. The van der Waals surface area contributed by atoms with Gasteiger partial charge in [-0.2, -0.15) is 0 Å². The molecule has 1 aromatic heterocycles. The number of hydrogen-bond acceptors (Lipinski definition) is 2. The van der Waals surface area contributed by atoms with E-state index in [4.69, 9.17) is 23.2 Å². The minimum atomic E-state index is 0.553. The Hall–Kier alpha value is -1.16. The zero-order valence-electron chi connectivity index (χ0n) is 9.15. The highest BCUT2D eigenvalue weighted by molar-refractivity contribution is 7.99. The number of fused-ring (bicyclic) bond motifs is 1. The third kappa shape index (κ3) is 2.34. The first-order valence-corrected chi connectivity index (χ1v) is 6.87. The number of benzene rings is 2. The summed E-state index contributed by atoms with van der Waals surface area (Å²) in [5, 5.41) is 1.96. The second-order valence-corrected chi connectivity index (χ2v) is 5.61. The van der Waals surface area contributed by atoms with E-state index in [9.17, 15) is 0 Å². The van der Waals surface area contributed by atoms with E-state index >= 15 is 0 Å². The van der Waals surface area contributed by atoms with Crippen LogP contribution in [0.5, 0.6) is 0 Å². The van der Waals surface area contributed by atoms with Crippen molar-refractivity contribution in [3.05, 3.63) is 52.5 Å². The fraction of sp³-hybridized carbons (Fsp3) is 0. The average molecular weight is 295 g/mol. The van der Waals surface area contributed by atoms with Crippen LogP contribution in [0.4, 0.5) is 0 Å². The first-order valence-electron chi connectivity index (χ1n) is 5.30. The van der Waals surface area contributed by atoms with Crippen LogP contribution in [0, 0.1) is 0 Å².